The maximum atomic E-state index is 14.4. The van der Waals surface area contributed by atoms with Crippen molar-refractivity contribution in [2.75, 3.05) is 25.5 Å². The van der Waals surface area contributed by atoms with Crippen LogP contribution < -0.4 is 20.7 Å². The van der Waals surface area contributed by atoms with E-state index >= 15 is 0 Å². The molecule has 27 heavy (non-hydrogen) atoms. The number of aryl methyl sites for hydroxylation is 1. The van der Waals surface area contributed by atoms with Gasteiger partial charge in [-0.15, -0.1) is 0 Å². The third kappa shape index (κ3) is 3.73. The molecule has 0 amide bonds. The van der Waals surface area contributed by atoms with Gasteiger partial charge in [-0.1, -0.05) is 6.07 Å². The molecule has 1 aromatic heterocycles. The van der Waals surface area contributed by atoms with E-state index in [1.807, 2.05) is 19.2 Å². The van der Waals surface area contributed by atoms with E-state index in [-0.39, 0.29) is 11.9 Å². The Balaban J connectivity index is 1.54. The minimum atomic E-state index is -0.280. The van der Waals surface area contributed by atoms with Crippen LogP contribution in [0.15, 0.2) is 30.5 Å². The summed E-state index contributed by atoms with van der Waals surface area (Å²) in [5, 5.41) is 10.1. The first-order valence-electron chi connectivity index (χ1n) is 9.25. The molecule has 2 aliphatic rings. The lowest BCUT2D eigenvalue weighted by atomic mass is 9.99. The molecule has 0 spiro atoms. The van der Waals surface area contributed by atoms with Gasteiger partial charge in [0.1, 0.15) is 11.6 Å². The third-order valence-electron chi connectivity index (χ3n) is 5.02. The molecular formula is C20H24FN5O. The van der Waals surface area contributed by atoms with Gasteiger partial charge in [0.15, 0.2) is 0 Å². The lowest BCUT2D eigenvalue weighted by molar-refractivity contribution is 0.409. The quantitative estimate of drug-likeness (QED) is 0.753. The maximum Gasteiger partial charge on any atom is 0.223 e. The SMILES string of the molecule is COc1cccc(F)c1C1=CNC(c2cc(C)nc(NC3CCNC3)n2)C1. The van der Waals surface area contributed by atoms with Crippen LogP contribution in [-0.2, 0) is 0 Å². The van der Waals surface area contributed by atoms with E-state index in [1.165, 1.54) is 6.07 Å². The smallest absolute Gasteiger partial charge is 0.223 e. The second-order valence-corrected chi connectivity index (χ2v) is 7.00. The average Bonchev–Trinajstić information content (AvgIpc) is 3.33. The number of methoxy groups -OCH3 is 1. The Bertz CT molecular complexity index is 863. The molecule has 4 rings (SSSR count). The third-order valence-corrected chi connectivity index (χ3v) is 5.02. The molecule has 6 nitrogen and oxygen atoms in total. The van der Waals surface area contributed by atoms with Crippen molar-refractivity contribution in [3.8, 4) is 5.75 Å². The zero-order valence-electron chi connectivity index (χ0n) is 15.6. The lowest BCUT2D eigenvalue weighted by Crippen LogP contribution is -2.24. The van der Waals surface area contributed by atoms with E-state index in [0.29, 0.717) is 29.7 Å². The summed E-state index contributed by atoms with van der Waals surface area (Å²) in [6, 6.07) is 7.20. The Morgan fingerprint density at radius 1 is 1.30 bits per heavy atom. The van der Waals surface area contributed by atoms with Crippen LogP contribution in [0.5, 0.6) is 5.75 Å². The number of aromatic nitrogens is 2. The molecule has 0 radical (unpaired) electrons. The fraction of sp³-hybridized carbons (Fsp3) is 0.400. The average molecular weight is 369 g/mol. The van der Waals surface area contributed by atoms with Crippen molar-refractivity contribution in [2.24, 2.45) is 0 Å². The van der Waals surface area contributed by atoms with Crippen LogP contribution >= 0.6 is 0 Å². The monoisotopic (exact) mass is 369 g/mol. The molecular weight excluding hydrogens is 345 g/mol. The Hall–Kier alpha value is -2.67. The standard InChI is InChI=1S/C20H24FN5O/c1-12-8-17(26-20(24-12)25-14-6-7-22-11-14)16-9-13(10-23-16)19-15(21)4-3-5-18(19)27-2/h3-5,8,10,14,16,22-23H,6-7,9,11H2,1-2H3,(H,24,25,26). The predicted octanol–water partition coefficient (Wildman–Crippen LogP) is 2.78. The number of halogens is 1. The van der Waals surface area contributed by atoms with Gasteiger partial charge < -0.3 is 20.7 Å². The van der Waals surface area contributed by atoms with E-state index in [0.717, 1.165) is 36.5 Å². The first-order chi connectivity index (χ1) is 13.1. The summed E-state index contributed by atoms with van der Waals surface area (Å²) in [4.78, 5) is 9.21. The zero-order valence-corrected chi connectivity index (χ0v) is 15.6. The van der Waals surface area contributed by atoms with Crippen molar-refractivity contribution >= 4 is 11.5 Å². The number of hydrogen-bond donors (Lipinski definition) is 3. The van der Waals surface area contributed by atoms with Crippen molar-refractivity contribution in [3.63, 3.8) is 0 Å². The Labute approximate surface area is 158 Å². The molecule has 3 heterocycles. The Morgan fingerprint density at radius 2 is 2.19 bits per heavy atom. The predicted molar refractivity (Wildman–Crippen MR) is 103 cm³/mol. The summed E-state index contributed by atoms with van der Waals surface area (Å²) >= 11 is 0. The van der Waals surface area contributed by atoms with Crippen LogP contribution in [0.25, 0.3) is 5.57 Å². The number of nitrogens with zero attached hydrogens (tertiary/aromatic N) is 2. The number of rotatable bonds is 5. The van der Waals surface area contributed by atoms with Gasteiger partial charge in [0.05, 0.1) is 24.4 Å². The molecule has 2 unspecified atom stereocenters. The number of nitrogens with one attached hydrogen (secondary N) is 3. The van der Waals surface area contributed by atoms with Gasteiger partial charge in [0.2, 0.25) is 5.95 Å². The fourth-order valence-electron chi connectivity index (χ4n) is 3.69. The van der Waals surface area contributed by atoms with Crippen molar-refractivity contribution in [2.45, 2.75) is 31.8 Å². The Morgan fingerprint density at radius 3 is 2.96 bits per heavy atom. The number of hydrogen-bond acceptors (Lipinski definition) is 6. The molecule has 0 aliphatic carbocycles. The van der Waals surface area contributed by atoms with Crippen LogP contribution in [0.2, 0.25) is 0 Å². The first-order valence-corrected chi connectivity index (χ1v) is 9.25. The zero-order chi connectivity index (χ0) is 18.8. The van der Waals surface area contributed by atoms with Crippen molar-refractivity contribution in [1.29, 1.82) is 0 Å². The first kappa shape index (κ1) is 17.7. The van der Waals surface area contributed by atoms with Crippen molar-refractivity contribution in [3.05, 3.63) is 53.2 Å². The summed E-state index contributed by atoms with van der Waals surface area (Å²) < 4.78 is 19.7. The van der Waals surface area contributed by atoms with E-state index < -0.39 is 0 Å². The van der Waals surface area contributed by atoms with Gasteiger partial charge in [-0.2, -0.15) is 0 Å². The number of ether oxygens (including phenoxy) is 1. The van der Waals surface area contributed by atoms with E-state index in [4.69, 9.17) is 9.72 Å². The highest BCUT2D eigenvalue weighted by Gasteiger charge is 2.25. The molecule has 142 valence electrons. The van der Waals surface area contributed by atoms with Gasteiger partial charge in [-0.3, -0.25) is 0 Å². The van der Waals surface area contributed by atoms with Gasteiger partial charge in [-0.05, 0) is 43.7 Å². The summed E-state index contributed by atoms with van der Waals surface area (Å²) in [5.41, 5.74) is 3.20. The topological polar surface area (TPSA) is 71.1 Å². The summed E-state index contributed by atoms with van der Waals surface area (Å²) in [5.74, 6) is 0.911. The van der Waals surface area contributed by atoms with Gasteiger partial charge in [0.25, 0.3) is 0 Å². The van der Waals surface area contributed by atoms with Crippen LogP contribution in [0, 0.1) is 12.7 Å². The molecule has 2 aliphatic heterocycles. The molecule has 1 fully saturated rings. The van der Waals surface area contributed by atoms with Gasteiger partial charge in [0, 0.05) is 30.9 Å². The van der Waals surface area contributed by atoms with Crippen LogP contribution in [0.1, 0.15) is 35.8 Å². The summed E-state index contributed by atoms with van der Waals surface area (Å²) in [7, 11) is 1.56. The van der Waals surface area contributed by atoms with Gasteiger partial charge >= 0.3 is 0 Å². The highest BCUT2D eigenvalue weighted by atomic mass is 19.1. The fourth-order valence-corrected chi connectivity index (χ4v) is 3.69. The highest BCUT2D eigenvalue weighted by molar-refractivity contribution is 5.73. The molecule has 7 heteroatoms. The van der Waals surface area contributed by atoms with Crippen LogP contribution in [-0.4, -0.2) is 36.2 Å². The van der Waals surface area contributed by atoms with Gasteiger partial charge in [-0.25, -0.2) is 14.4 Å². The van der Waals surface area contributed by atoms with E-state index in [2.05, 4.69) is 20.9 Å². The van der Waals surface area contributed by atoms with Crippen molar-refractivity contribution in [1.82, 2.24) is 20.6 Å². The number of benzene rings is 1. The largest absolute Gasteiger partial charge is 0.496 e. The lowest BCUT2D eigenvalue weighted by Gasteiger charge is -2.16. The molecule has 1 saturated heterocycles. The normalized spacial score (nSPS) is 21.7. The van der Waals surface area contributed by atoms with E-state index in [1.54, 1.807) is 19.2 Å². The molecule has 2 atom stereocenters. The minimum absolute atomic E-state index is 0.0201. The summed E-state index contributed by atoms with van der Waals surface area (Å²) in [6.45, 7) is 3.90. The molecule has 1 aromatic carbocycles. The molecule has 2 aromatic rings. The maximum absolute atomic E-state index is 14.4. The minimum Gasteiger partial charge on any atom is -0.496 e. The molecule has 0 saturated carbocycles. The molecule has 3 N–H and O–H groups in total. The highest BCUT2D eigenvalue weighted by Crippen LogP contribution is 2.37. The van der Waals surface area contributed by atoms with Crippen LogP contribution in [0.3, 0.4) is 0 Å². The van der Waals surface area contributed by atoms with Crippen molar-refractivity contribution < 1.29 is 9.13 Å². The Kier molecular flexibility index (Phi) is 4.94. The second-order valence-electron chi connectivity index (χ2n) is 7.00. The van der Waals surface area contributed by atoms with E-state index in [9.17, 15) is 4.39 Å². The molecule has 0 bridgehead atoms. The second kappa shape index (κ2) is 7.52. The van der Waals surface area contributed by atoms with Crippen LogP contribution in [0.4, 0.5) is 10.3 Å². The number of anilines is 1. The summed E-state index contributed by atoms with van der Waals surface area (Å²) in [6.07, 6.45) is 3.56.